The van der Waals surface area contributed by atoms with Crippen molar-refractivity contribution in [1.29, 1.82) is 0 Å². The molecule has 0 radical (unpaired) electrons. The lowest BCUT2D eigenvalue weighted by Gasteiger charge is -2.15. The molecule has 0 atom stereocenters. The summed E-state index contributed by atoms with van der Waals surface area (Å²) >= 11 is 6.07. The number of benzene rings is 1. The molecule has 0 spiro atoms. The maximum absolute atomic E-state index is 11.9. The van der Waals surface area contributed by atoms with Crippen LogP contribution in [0.5, 0.6) is 5.75 Å². The number of ether oxygens (including phenoxy) is 2. The molecule has 1 N–H and O–H groups in total. The molecule has 0 aromatic heterocycles. The van der Waals surface area contributed by atoms with Crippen LogP contribution in [0.1, 0.15) is 30.9 Å². The fourth-order valence-corrected chi connectivity index (χ4v) is 1.99. The number of rotatable bonds is 7. The van der Waals surface area contributed by atoms with Gasteiger partial charge in [-0.25, -0.2) is 4.79 Å². The lowest BCUT2D eigenvalue weighted by molar-refractivity contribution is -0.152. The highest BCUT2D eigenvalue weighted by atomic mass is 35.5. The van der Waals surface area contributed by atoms with E-state index in [-0.39, 0.29) is 5.92 Å². The number of halogens is 4. The second kappa shape index (κ2) is 8.94. The molecule has 1 aromatic rings. The third-order valence-corrected chi connectivity index (χ3v) is 3.52. The lowest BCUT2D eigenvalue weighted by atomic mass is 10.0. The molecule has 0 aliphatic carbocycles. The van der Waals surface area contributed by atoms with E-state index in [1.807, 2.05) is 13.8 Å². The van der Waals surface area contributed by atoms with Crippen molar-refractivity contribution >= 4 is 23.5 Å². The summed E-state index contributed by atoms with van der Waals surface area (Å²) in [5.74, 6) is -1.37. The van der Waals surface area contributed by atoms with Crippen molar-refractivity contribution < 1.29 is 32.2 Å². The molecule has 9 heteroatoms. The maximum atomic E-state index is 11.9. The van der Waals surface area contributed by atoms with Crippen LogP contribution in [0, 0.1) is 6.92 Å². The first-order chi connectivity index (χ1) is 11.5. The van der Waals surface area contributed by atoms with E-state index in [9.17, 15) is 22.8 Å². The van der Waals surface area contributed by atoms with E-state index in [2.05, 4.69) is 4.74 Å². The Morgan fingerprint density at radius 2 is 1.88 bits per heavy atom. The monoisotopic (exact) mass is 381 g/mol. The van der Waals surface area contributed by atoms with Gasteiger partial charge in [-0.05, 0) is 36.1 Å². The van der Waals surface area contributed by atoms with Crippen LogP contribution >= 0.6 is 11.6 Å². The summed E-state index contributed by atoms with van der Waals surface area (Å²) in [6.07, 6.45) is -4.53. The van der Waals surface area contributed by atoms with Crippen molar-refractivity contribution in [3.8, 4) is 5.75 Å². The first-order valence-electron chi connectivity index (χ1n) is 7.41. The topological polar surface area (TPSA) is 64.6 Å². The zero-order valence-corrected chi connectivity index (χ0v) is 14.8. The van der Waals surface area contributed by atoms with E-state index < -0.39 is 37.8 Å². The fourth-order valence-electron chi connectivity index (χ4n) is 1.82. The van der Waals surface area contributed by atoms with Crippen LogP contribution < -0.4 is 10.1 Å². The van der Waals surface area contributed by atoms with Crippen LogP contribution in [0.15, 0.2) is 12.1 Å². The van der Waals surface area contributed by atoms with Gasteiger partial charge in [0, 0.05) is 5.02 Å². The number of hydrogen-bond acceptors (Lipinski definition) is 4. The van der Waals surface area contributed by atoms with E-state index >= 15 is 0 Å². The van der Waals surface area contributed by atoms with Crippen LogP contribution in [0.25, 0.3) is 0 Å². The number of esters is 1. The molecule has 0 heterocycles. The molecule has 5 nitrogen and oxygen atoms in total. The van der Waals surface area contributed by atoms with Crippen molar-refractivity contribution in [1.82, 2.24) is 5.32 Å². The summed E-state index contributed by atoms with van der Waals surface area (Å²) in [4.78, 5) is 22.7. The predicted molar refractivity (Wildman–Crippen MR) is 85.8 cm³/mol. The van der Waals surface area contributed by atoms with Gasteiger partial charge in [-0.3, -0.25) is 4.79 Å². The van der Waals surface area contributed by atoms with E-state index in [0.29, 0.717) is 10.8 Å². The van der Waals surface area contributed by atoms with Crippen LogP contribution in [0.4, 0.5) is 13.2 Å². The van der Waals surface area contributed by atoms with Crippen molar-refractivity contribution in [2.24, 2.45) is 0 Å². The smallest absolute Gasteiger partial charge is 0.405 e. The van der Waals surface area contributed by atoms with E-state index in [1.165, 1.54) is 0 Å². The minimum atomic E-state index is -4.53. The first kappa shape index (κ1) is 21.1. The van der Waals surface area contributed by atoms with Gasteiger partial charge in [-0.2, -0.15) is 13.2 Å². The summed E-state index contributed by atoms with van der Waals surface area (Å²) < 4.78 is 45.8. The molecule has 1 rings (SSSR count). The summed E-state index contributed by atoms with van der Waals surface area (Å²) in [7, 11) is 0. The van der Waals surface area contributed by atoms with Crippen molar-refractivity contribution in [3.63, 3.8) is 0 Å². The maximum Gasteiger partial charge on any atom is 0.405 e. The van der Waals surface area contributed by atoms with Gasteiger partial charge in [-0.1, -0.05) is 25.4 Å². The van der Waals surface area contributed by atoms with Crippen LogP contribution in [-0.4, -0.2) is 37.8 Å². The summed E-state index contributed by atoms with van der Waals surface area (Å²) in [5, 5.41) is 2.16. The minimum Gasteiger partial charge on any atom is -0.482 e. The highest BCUT2D eigenvalue weighted by Crippen LogP contribution is 2.31. The highest BCUT2D eigenvalue weighted by Gasteiger charge is 2.27. The summed E-state index contributed by atoms with van der Waals surface area (Å²) in [6.45, 7) is 2.86. The SMILES string of the molecule is Cc1cc(OCC(=O)OCC(=O)NCC(F)(F)F)c(C(C)C)cc1Cl. The molecule has 0 unspecified atom stereocenters. The Hall–Kier alpha value is -1.96. The van der Waals surface area contributed by atoms with Crippen LogP contribution in [0.2, 0.25) is 5.02 Å². The molecule has 0 saturated carbocycles. The third kappa shape index (κ3) is 7.64. The van der Waals surface area contributed by atoms with Gasteiger partial charge in [0.25, 0.3) is 5.91 Å². The van der Waals surface area contributed by atoms with E-state index in [4.69, 9.17) is 16.3 Å². The second-order valence-electron chi connectivity index (χ2n) is 5.64. The van der Waals surface area contributed by atoms with Gasteiger partial charge in [0.15, 0.2) is 13.2 Å². The highest BCUT2D eigenvalue weighted by molar-refractivity contribution is 6.31. The normalized spacial score (nSPS) is 11.4. The summed E-state index contributed by atoms with van der Waals surface area (Å²) in [6, 6.07) is 3.42. The molecule has 140 valence electrons. The molecule has 0 fully saturated rings. The number of aryl methyl sites for hydroxylation is 1. The number of nitrogens with one attached hydrogen (secondary N) is 1. The molecule has 0 aliphatic heterocycles. The first-order valence-corrected chi connectivity index (χ1v) is 7.79. The molecule has 0 saturated heterocycles. The Balaban J connectivity index is 2.52. The Bertz CT molecular complexity index is 633. The van der Waals surface area contributed by atoms with Crippen molar-refractivity contribution in [3.05, 3.63) is 28.3 Å². The number of hydrogen-bond donors (Lipinski definition) is 1. The fraction of sp³-hybridized carbons (Fsp3) is 0.500. The summed E-state index contributed by atoms with van der Waals surface area (Å²) in [5.41, 5.74) is 1.56. The average Bonchev–Trinajstić information content (AvgIpc) is 2.50. The number of alkyl halides is 3. The lowest BCUT2D eigenvalue weighted by Crippen LogP contribution is -2.36. The zero-order valence-electron chi connectivity index (χ0n) is 14.0. The van der Waals surface area contributed by atoms with Gasteiger partial charge < -0.3 is 14.8 Å². The molecule has 1 aromatic carbocycles. The van der Waals surface area contributed by atoms with E-state index in [1.54, 1.807) is 24.4 Å². The van der Waals surface area contributed by atoms with Gasteiger partial charge in [-0.15, -0.1) is 0 Å². The second-order valence-corrected chi connectivity index (χ2v) is 6.04. The largest absolute Gasteiger partial charge is 0.482 e. The Kier molecular flexibility index (Phi) is 7.54. The minimum absolute atomic E-state index is 0.0947. The molecule has 0 aliphatic rings. The van der Waals surface area contributed by atoms with Gasteiger partial charge >= 0.3 is 12.1 Å². The van der Waals surface area contributed by atoms with Gasteiger partial charge in [0.1, 0.15) is 12.3 Å². The number of carbonyl (C=O) groups excluding carboxylic acids is 2. The molecular formula is C16H19ClF3NO4. The Labute approximate surface area is 148 Å². The number of carbonyl (C=O) groups is 2. The zero-order chi connectivity index (χ0) is 19.2. The Morgan fingerprint density at radius 3 is 2.44 bits per heavy atom. The number of amides is 1. The van der Waals surface area contributed by atoms with Crippen molar-refractivity contribution in [2.45, 2.75) is 32.9 Å². The molecule has 25 heavy (non-hydrogen) atoms. The quantitative estimate of drug-likeness (QED) is 0.735. The predicted octanol–water partition coefficient (Wildman–Crippen LogP) is 3.37. The standard InChI is InChI=1S/C16H19ClF3NO4/c1-9(2)11-5-12(17)10(3)4-13(11)24-7-15(23)25-6-14(22)21-8-16(18,19)20/h4-5,9H,6-8H2,1-3H3,(H,21,22). The van der Waals surface area contributed by atoms with Crippen LogP contribution in [-0.2, 0) is 14.3 Å². The van der Waals surface area contributed by atoms with Crippen molar-refractivity contribution in [2.75, 3.05) is 19.8 Å². The van der Waals surface area contributed by atoms with Gasteiger partial charge in [0.05, 0.1) is 0 Å². The van der Waals surface area contributed by atoms with Gasteiger partial charge in [0.2, 0.25) is 0 Å². The van der Waals surface area contributed by atoms with E-state index in [0.717, 1.165) is 11.1 Å². The van der Waals surface area contributed by atoms with Crippen LogP contribution in [0.3, 0.4) is 0 Å². The molecule has 1 amide bonds. The Morgan fingerprint density at radius 1 is 1.24 bits per heavy atom. The average molecular weight is 382 g/mol. The molecular weight excluding hydrogens is 363 g/mol. The molecule has 0 bridgehead atoms. The third-order valence-electron chi connectivity index (χ3n) is 3.11.